The Morgan fingerprint density at radius 3 is 2.54 bits per heavy atom. The van der Waals surface area contributed by atoms with Crippen molar-refractivity contribution in [1.29, 1.82) is 0 Å². The van der Waals surface area contributed by atoms with Gasteiger partial charge in [-0.3, -0.25) is 0 Å². The van der Waals surface area contributed by atoms with Crippen molar-refractivity contribution >= 4 is 11.6 Å². The summed E-state index contributed by atoms with van der Waals surface area (Å²) in [5.41, 5.74) is 2.13. The van der Waals surface area contributed by atoms with E-state index in [1.807, 2.05) is 49.4 Å². The summed E-state index contributed by atoms with van der Waals surface area (Å²) in [6.07, 6.45) is 0. The summed E-state index contributed by atoms with van der Waals surface area (Å²) in [5.74, 6) is 1.26. The van der Waals surface area contributed by atoms with Crippen molar-refractivity contribution in [1.82, 2.24) is 5.32 Å². The minimum atomic E-state index is 0.450. The van der Waals surface area contributed by atoms with Crippen LogP contribution in [0.2, 0.25) is 5.02 Å². The lowest BCUT2D eigenvalue weighted by atomic mass is 10.2. The zero-order chi connectivity index (χ0) is 17.2. The van der Waals surface area contributed by atoms with Gasteiger partial charge in [0.05, 0.1) is 18.2 Å². The number of benzene rings is 2. The summed E-state index contributed by atoms with van der Waals surface area (Å²) < 4.78 is 16.6. The van der Waals surface area contributed by atoms with Crippen molar-refractivity contribution in [3.05, 3.63) is 58.6 Å². The first-order chi connectivity index (χ1) is 11.7. The van der Waals surface area contributed by atoms with Gasteiger partial charge < -0.3 is 19.5 Å². The predicted octanol–water partition coefficient (Wildman–Crippen LogP) is 4.05. The first kappa shape index (κ1) is 18.6. The van der Waals surface area contributed by atoms with E-state index in [1.54, 1.807) is 7.11 Å². The maximum atomic E-state index is 6.42. The molecule has 0 atom stereocenters. The molecule has 2 aromatic rings. The van der Waals surface area contributed by atoms with Crippen LogP contribution in [0.4, 0.5) is 0 Å². The molecule has 4 nitrogen and oxygen atoms in total. The molecule has 0 saturated carbocycles. The topological polar surface area (TPSA) is 39.7 Å². The molecule has 0 aromatic heterocycles. The van der Waals surface area contributed by atoms with Crippen LogP contribution in [0.1, 0.15) is 18.1 Å². The third-order valence-electron chi connectivity index (χ3n) is 3.41. The highest BCUT2D eigenvalue weighted by atomic mass is 35.5. The molecule has 0 saturated heterocycles. The fourth-order valence-electron chi connectivity index (χ4n) is 2.26. The maximum absolute atomic E-state index is 6.42. The fourth-order valence-corrected chi connectivity index (χ4v) is 2.55. The zero-order valence-corrected chi connectivity index (χ0v) is 14.9. The van der Waals surface area contributed by atoms with Gasteiger partial charge in [-0.1, -0.05) is 41.9 Å². The number of rotatable bonds is 10. The molecule has 0 aliphatic carbocycles. The highest BCUT2D eigenvalue weighted by Gasteiger charge is 2.13. The molecule has 0 spiro atoms. The zero-order valence-electron chi connectivity index (χ0n) is 14.2. The molecule has 0 unspecified atom stereocenters. The van der Waals surface area contributed by atoms with E-state index in [2.05, 4.69) is 5.32 Å². The first-order valence-corrected chi connectivity index (χ1v) is 8.44. The summed E-state index contributed by atoms with van der Waals surface area (Å²) in [4.78, 5) is 0. The van der Waals surface area contributed by atoms with E-state index >= 15 is 0 Å². The van der Waals surface area contributed by atoms with Crippen LogP contribution < -0.4 is 14.8 Å². The second-order valence-electron chi connectivity index (χ2n) is 5.28. The van der Waals surface area contributed by atoms with Crippen molar-refractivity contribution in [2.45, 2.75) is 20.1 Å². The highest BCUT2D eigenvalue weighted by Crippen LogP contribution is 2.37. The summed E-state index contributed by atoms with van der Waals surface area (Å²) in [6.45, 7) is 5.10. The van der Waals surface area contributed by atoms with Crippen molar-refractivity contribution in [2.24, 2.45) is 0 Å². The molecule has 1 N–H and O–H groups in total. The fraction of sp³-hybridized carbons (Fsp3) is 0.368. The van der Waals surface area contributed by atoms with Crippen LogP contribution in [0.15, 0.2) is 42.5 Å². The normalized spacial score (nSPS) is 10.6. The molecular weight excluding hydrogens is 326 g/mol. The van der Waals surface area contributed by atoms with Gasteiger partial charge in [0.15, 0.2) is 11.5 Å². The van der Waals surface area contributed by atoms with Crippen LogP contribution >= 0.6 is 11.6 Å². The van der Waals surface area contributed by atoms with Gasteiger partial charge in [-0.05, 0) is 30.2 Å². The van der Waals surface area contributed by atoms with E-state index < -0.39 is 0 Å². The summed E-state index contributed by atoms with van der Waals surface area (Å²) in [5, 5.41) is 3.85. The average Bonchev–Trinajstić information content (AvgIpc) is 2.59. The second-order valence-corrected chi connectivity index (χ2v) is 5.69. The van der Waals surface area contributed by atoms with Gasteiger partial charge >= 0.3 is 0 Å². The van der Waals surface area contributed by atoms with Crippen LogP contribution in [0, 0.1) is 0 Å². The molecule has 2 rings (SSSR count). The van der Waals surface area contributed by atoms with Gasteiger partial charge in [-0.15, -0.1) is 0 Å². The number of ether oxygens (including phenoxy) is 3. The van der Waals surface area contributed by atoms with Gasteiger partial charge in [0.1, 0.15) is 6.61 Å². The Balaban J connectivity index is 2.08. The number of nitrogens with one attached hydrogen (secondary N) is 1. The molecule has 0 bridgehead atoms. The van der Waals surface area contributed by atoms with Gasteiger partial charge in [-0.2, -0.15) is 0 Å². The van der Waals surface area contributed by atoms with Crippen LogP contribution in [0.25, 0.3) is 0 Å². The van der Waals surface area contributed by atoms with E-state index in [0.29, 0.717) is 42.9 Å². The lowest BCUT2D eigenvalue weighted by Gasteiger charge is -2.15. The Morgan fingerprint density at radius 1 is 1.04 bits per heavy atom. The molecule has 2 aromatic carbocycles. The van der Waals surface area contributed by atoms with E-state index in [-0.39, 0.29) is 0 Å². The third kappa shape index (κ3) is 5.71. The number of methoxy groups -OCH3 is 1. The maximum Gasteiger partial charge on any atom is 0.180 e. The molecular formula is C19H24ClNO3. The van der Waals surface area contributed by atoms with E-state index in [4.69, 9.17) is 25.8 Å². The largest absolute Gasteiger partial charge is 0.490 e. The van der Waals surface area contributed by atoms with Crippen molar-refractivity contribution in [3.63, 3.8) is 0 Å². The second kappa shape index (κ2) is 10.2. The molecule has 130 valence electrons. The molecule has 0 radical (unpaired) electrons. The van der Waals surface area contributed by atoms with Crippen LogP contribution in [-0.2, 0) is 17.9 Å². The summed E-state index contributed by atoms with van der Waals surface area (Å²) in [7, 11) is 1.69. The molecule has 0 aliphatic heterocycles. The minimum Gasteiger partial charge on any atom is -0.490 e. The Morgan fingerprint density at radius 2 is 1.83 bits per heavy atom. The van der Waals surface area contributed by atoms with Gasteiger partial charge in [-0.25, -0.2) is 0 Å². The van der Waals surface area contributed by atoms with Gasteiger partial charge in [0.25, 0.3) is 0 Å². The van der Waals surface area contributed by atoms with Crippen molar-refractivity contribution < 1.29 is 14.2 Å². The summed E-state index contributed by atoms with van der Waals surface area (Å²) in [6, 6.07) is 13.9. The number of hydrogen-bond acceptors (Lipinski definition) is 4. The molecule has 0 aliphatic rings. The molecule has 0 amide bonds. The number of halogens is 1. The Labute approximate surface area is 148 Å². The van der Waals surface area contributed by atoms with E-state index in [1.165, 1.54) is 0 Å². The van der Waals surface area contributed by atoms with Crippen LogP contribution in [0.3, 0.4) is 0 Å². The van der Waals surface area contributed by atoms with E-state index in [0.717, 1.165) is 17.7 Å². The van der Waals surface area contributed by atoms with Gasteiger partial charge in [0.2, 0.25) is 0 Å². The van der Waals surface area contributed by atoms with Crippen molar-refractivity contribution in [3.8, 4) is 11.5 Å². The Bertz CT molecular complexity index is 620. The first-order valence-electron chi connectivity index (χ1n) is 8.06. The Kier molecular flexibility index (Phi) is 7.89. The third-order valence-corrected chi connectivity index (χ3v) is 3.69. The lowest BCUT2D eigenvalue weighted by Crippen LogP contribution is -2.18. The standard InChI is InChI=1S/C19H24ClNO3/c1-3-23-18-12-16(13-21-9-10-22-2)11-17(20)19(18)24-14-15-7-5-4-6-8-15/h4-8,11-12,21H,3,9-10,13-14H2,1-2H3. The smallest absolute Gasteiger partial charge is 0.180 e. The predicted molar refractivity (Wildman–Crippen MR) is 97.0 cm³/mol. The summed E-state index contributed by atoms with van der Waals surface area (Å²) >= 11 is 6.42. The molecule has 0 heterocycles. The minimum absolute atomic E-state index is 0.450. The monoisotopic (exact) mass is 349 g/mol. The number of hydrogen-bond donors (Lipinski definition) is 1. The average molecular weight is 350 g/mol. The van der Waals surface area contributed by atoms with E-state index in [9.17, 15) is 0 Å². The quantitative estimate of drug-likeness (QED) is 0.657. The Hall–Kier alpha value is -1.75. The van der Waals surface area contributed by atoms with Crippen LogP contribution in [0.5, 0.6) is 11.5 Å². The van der Waals surface area contributed by atoms with Crippen LogP contribution in [-0.4, -0.2) is 26.9 Å². The lowest BCUT2D eigenvalue weighted by molar-refractivity contribution is 0.199. The van der Waals surface area contributed by atoms with Gasteiger partial charge in [0, 0.05) is 20.2 Å². The van der Waals surface area contributed by atoms with Crippen molar-refractivity contribution in [2.75, 3.05) is 26.9 Å². The SMILES string of the molecule is CCOc1cc(CNCCOC)cc(Cl)c1OCc1ccccc1. The molecule has 24 heavy (non-hydrogen) atoms. The molecule has 5 heteroatoms. The highest BCUT2D eigenvalue weighted by molar-refractivity contribution is 6.32. The molecule has 0 fully saturated rings.